The van der Waals surface area contributed by atoms with Crippen LogP contribution < -0.4 is 4.74 Å². The third-order valence-corrected chi connectivity index (χ3v) is 3.67. The number of benzene rings is 2. The number of methoxy groups -OCH3 is 1. The molecule has 0 bridgehead atoms. The Morgan fingerprint density at radius 1 is 1.25 bits per heavy atom. The zero-order chi connectivity index (χ0) is 11.1. The van der Waals surface area contributed by atoms with Crippen LogP contribution in [0.4, 0.5) is 0 Å². The Morgan fingerprint density at radius 2 is 2.06 bits per heavy atom. The predicted molar refractivity (Wildman–Crippen MR) is 68.4 cm³/mol. The standard InChI is InChI=1S/C13H11NOS/c1-8-14-12-10-6-4-3-5-9(10)7-11(15-2)13(12)16-8/h3-7H,1-2H3. The molecule has 3 heteroatoms. The number of nitrogens with zero attached hydrogens (tertiary/aromatic N) is 1. The third-order valence-electron chi connectivity index (χ3n) is 2.68. The molecule has 1 heterocycles. The molecule has 0 saturated heterocycles. The number of ether oxygens (including phenoxy) is 1. The molecule has 0 unspecified atom stereocenters. The summed E-state index contributed by atoms with van der Waals surface area (Å²) in [5.74, 6) is 0.916. The van der Waals surface area contributed by atoms with Crippen LogP contribution in [-0.4, -0.2) is 12.1 Å². The van der Waals surface area contributed by atoms with Crippen LogP contribution in [0.25, 0.3) is 21.0 Å². The van der Waals surface area contributed by atoms with Crippen molar-refractivity contribution in [1.29, 1.82) is 0 Å². The molecule has 3 rings (SSSR count). The van der Waals surface area contributed by atoms with Crippen molar-refractivity contribution in [2.75, 3.05) is 7.11 Å². The van der Waals surface area contributed by atoms with Crippen molar-refractivity contribution in [3.63, 3.8) is 0 Å². The van der Waals surface area contributed by atoms with E-state index in [9.17, 15) is 0 Å². The number of thiazole rings is 1. The molecule has 0 amide bonds. The van der Waals surface area contributed by atoms with E-state index >= 15 is 0 Å². The van der Waals surface area contributed by atoms with Gasteiger partial charge in [0.1, 0.15) is 5.75 Å². The fourth-order valence-corrected chi connectivity index (χ4v) is 2.90. The Kier molecular flexibility index (Phi) is 2.07. The second kappa shape index (κ2) is 3.46. The van der Waals surface area contributed by atoms with Crippen LogP contribution in [-0.2, 0) is 0 Å². The molecule has 80 valence electrons. The Bertz CT molecular complexity index is 672. The Labute approximate surface area is 97.5 Å². The molecule has 0 radical (unpaired) electrons. The first-order valence-corrected chi connectivity index (χ1v) is 5.94. The maximum absolute atomic E-state index is 5.42. The summed E-state index contributed by atoms with van der Waals surface area (Å²) in [5, 5.41) is 3.45. The molecule has 0 aliphatic carbocycles. The Balaban J connectivity index is 2.56. The van der Waals surface area contributed by atoms with E-state index in [0.717, 1.165) is 21.0 Å². The first kappa shape index (κ1) is 9.60. The number of aryl methyl sites for hydroxylation is 1. The van der Waals surface area contributed by atoms with Gasteiger partial charge in [-0.25, -0.2) is 4.98 Å². The molecule has 0 N–H and O–H groups in total. The van der Waals surface area contributed by atoms with Crippen molar-refractivity contribution in [2.45, 2.75) is 6.92 Å². The van der Waals surface area contributed by atoms with E-state index < -0.39 is 0 Å². The minimum absolute atomic E-state index is 0.916. The highest BCUT2D eigenvalue weighted by Gasteiger charge is 2.10. The topological polar surface area (TPSA) is 22.1 Å². The molecule has 2 nitrogen and oxygen atoms in total. The smallest absolute Gasteiger partial charge is 0.138 e. The summed E-state index contributed by atoms with van der Waals surface area (Å²) >= 11 is 1.68. The summed E-state index contributed by atoms with van der Waals surface area (Å²) in [6, 6.07) is 10.4. The van der Waals surface area contributed by atoms with Gasteiger partial charge in [-0.05, 0) is 18.4 Å². The van der Waals surface area contributed by atoms with Gasteiger partial charge < -0.3 is 4.74 Å². The molecule has 0 aliphatic rings. The molecule has 0 spiro atoms. The average Bonchev–Trinajstić information content (AvgIpc) is 2.69. The van der Waals surface area contributed by atoms with Crippen LogP contribution in [0.1, 0.15) is 5.01 Å². The van der Waals surface area contributed by atoms with E-state index in [0.29, 0.717) is 0 Å². The van der Waals surface area contributed by atoms with Gasteiger partial charge in [-0.3, -0.25) is 0 Å². The van der Waals surface area contributed by atoms with Crippen LogP contribution in [0.15, 0.2) is 30.3 Å². The summed E-state index contributed by atoms with van der Waals surface area (Å²) < 4.78 is 6.56. The minimum atomic E-state index is 0.916. The Hall–Kier alpha value is -1.61. The summed E-state index contributed by atoms with van der Waals surface area (Å²) in [7, 11) is 1.71. The van der Waals surface area contributed by atoms with Gasteiger partial charge in [-0.2, -0.15) is 0 Å². The van der Waals surface area contributed by atoms with E-state index in [1.807, 2.05) is 19.1 Å². The van der Waals surface area contributed by atoms with Gasteiger partial charge in [0.15, 0.2) is 0 Å². The van der Waals surface area contributed by atoms with Crippen LogP contribution in [0.3, 0.4) is 0 Å². The largest absolute Gasteiger partial charge is 0.495 e. The van der Waals surface area contributed by atoms with Crippen molar-refractivity contribution in [2.24, 2.45) is 0 Å². The summed E-state index contributed by atoms with van der Waals surface area (Å²) in [4.78, 5) is 4.59. The maximum Gasteiger partial charge on any atom is 0.138 e. The van der Waals surface area contributed by atoms with E-state index in [1.54, 1.807) is 18.4 Å². The molecule has 3 aromatic rings. The normalized spacial score (nSPS) is 11.1. The predicted octanol–water partition coefficient (Wildman–Crippen LogP) is 3.77. The first-order valence-electron chi connectivity index (χ1n) is 5.12. The first-order chi connectivity index (χ1) is 7.79. The molecule has 0 saturated carbocycles. The van der Waals surface area contributed by atoms with Crippen molar-refractivity contribution < 1.29 is 4.74 Å². The number of hydrogen-bond donors (Lipinski definition) is 0. The van der Waals surface area contributed by atoms with Crippen molar-refractivity contribution in [1.82, 2.24) is 4.98 Å². The molecule has 2 aromatic carbocycles. The molecule has 0 fully saturated rings. The molecule has 16 heavy (non-hydrogen) atoms. The van der Waals surface area contributed by atoms with Gasteiger partial charge in [0.25, 0.3) is 0 Å². The second-order valence-electron chi connectivity index (χ2n) is 3.71. The lowest BCUT2D eigenvalue weighted by Crippen LogP contribution is -1.84. The Morgan fingerprint density at radius 3 is 2.88 bits per heavy atom. The van der Waals surface area contributed by atoms with Gasteiger partial charge >= 0.3 is 0 Å². The lowest BCUT2D eigenvalue weighted by molar-refractivity contribution is 0.421. The number of aromatic nitrogens is 1. The van der Waals surface area contributed by atoms with E-state index in [4.69, 9.17) is 4.74 Å². The highest BCUT2D eigenvalue weighted by Crippen LogP contribution is 2.36. The molecule has 1 aromatic heterocycles. The SMILES string of the molecule is COc1cc2ccccc2c2nc(C)sc12. The molecular weight excluding hydrogens is 218 g/mol. The molecular formula is C13H11NOS. The molecule has 0 atom stereocenters. The number of fused-ring (bicyclic) bond motifs is 3. The summed E-state index contributed by atoms with van der Waals surface area (Å²) in [5.41, 5.74) is 1.05. The molecule has 0 aliphatic heterocycles. The van der Waals surface area contributed by atoms with Crippen molar-refractivity contribution in [3.8, 4) is 5.75 Å². The van der Waals surface area contributed by atoms with Gasteiger partial charge in [0, 0.05) is 5.39 Å². The monoisotopic (exact) mass is 229 g/mol. The number of rotatable bonds is 1. The van der Waals surface area contributed by atoms with Crippen LogP contribution in [0.5, 0.6) is 5.75 Å². The van der Waals surface area contributed by atoms with Gasteiger partial charge in [-0.1, -0.05) is 24.3 Å². The number of hydrogen-bond acceptors (Lipinski definition) is 3. The van der Waals surface area contributed by atoms with Gasteiger partial charge in [0.05, 0.1) is 22.3 Å². The zero-order valence-corrected chi connectivity index (χ0v) is 9.97. The quantitative estimate of drug-likeness (QED) is 0.633. The second-order valence-corrected chi connectivity index (χ2v) is 4.91. The van der Waals surface area contributed by atoms with Crippen molar-refractivity contribution in [3.05, 3.63) is 35.3 Å². The average molecular weight is 229 g/mol. The van der Waals surface area contributed by atoms with Crippen LogP contribution in [0.2, 0.25) is 0 Å². The van der Waals surface area contributed by atoms with Crippen LogP contribution >= 0.6 is 11.3 Å². The maximum atomic E-state index is 5.42. The van der Waals surface area contributed by atoms with E-state index in [-0.39, 0.29) is 0 Å². The van der Waals surface area contributed by atoms with Gasteiger partial charge in [0.2, 0.25) is 0 Å². The fourth-order valence-electron chi connectivity index (χ4n) is 1.97. The zero-order valence-electron chi connectivity index (χ0n) is 9.15. The highest BCUT2D eigenvalue weighted by molar-refractivity contribution is 7.19. The third kappa shape index (κ3) is 1.28. The van der Waals surface area contributed by atoms with Crippen molar-refractivity contribution >= 4 is 32.3 Å². The fraction of sp³-hybridized carbons (Fsp3) is 0.154. The lowest BCUT2D eigenvalue weighted by atomic mass is 10.1. The van der Waals surface area contributed by atoms with E-state index in [2.05, 4.69) is 23.2 Å². The van der Waals surface area contributed by atoms with Gasteiger partial charge in [-0.15, -0.1) is 11.3 Å². The van der Waals surface area contributed by atoms with Crippen LogP contribution in [0, 0.1) is 6.92 Å². The summed E-state index contributed by atoms with van der Waals surface area (Å²) in [6.45, 7) is 2.03. The minimum Gasteiger partial charge on any atom is -0.495 e. The lowest BCUT2D eigenvalue weighted by Gasteiger charge is -2.04. The van der Waals surface area contributed by atoms with E-state index in [1.165, 1.54) is 10.8 Å². The summed E-state index contributed by atoms with van der Waals surface area (Å²) in [6.07, 6.45) is 0. The highest BCUT2D eigenvalue weighted by atomic mass is 32.1.